The number of hydrogen-bond donors (Lipinski definition) is 1. The van der Waals surface area contributed by atoms with Crippen LogP contribution in [0.4, 0.5) is 18.9 Å². The number of ether oxygens (including phenoxy) is 2. The van der Waals surface area contributed by atoms with Crippen molar-refractivity contribution in [2.45, 2.75) is 13.1 Å². The van der Waals surface area contributed by atoms with E-state index in [2.05, 4.69) is 10.4 Å². The van der Waals surface area contributed by atoms with Crippen LogP contribution in [0.1, 0.15) is 21.6 Å². The summed E-state index contributed by atoms with van der Waals surface area (Å²) in [7, 11) is 2.84. The van der Waals surface area contributed by atoms with Gasteiger partial charge < -0.3 is 14.8 Å². The number of aromatic nitrogens is 2. The highest BCUT2D eigenvalue weighted by molar-refractivity contribution is 6.06. The van der Waals surface area contributed by atoms with Gasteiger partial charge in [-0.1, -0.05) is 17.7 Å². The van der Waals surface area contributed by atoms with Crippen LogP contribution in [0.2, 0.25) is 0 Å². The number of benzene rings is 2. The van der Waals surface area contributed by atoms with Gasteiger partial charge in [0, 0.05) is 6.07 Å². The van der Waals surface area contributed by atoms with Crippen LogP contribution in [0.5, 0.6) is 11.5 Å². The van der Waals surface area contributed by atoms with E-state index in [1.807, 2.05) is 6.92 Å². The van der Waals surface area contributed by atoms with Crippen molar-refractivity contribution >= 4 is 11.6 Å². The molecule has 9 heteroatoms. The molecule has 0 aliphatic rings. The van der Waals surface area contributed by atoms with Crippen LogP contribution in [0.3, 0.4) is 0 Å². The summed E-state index contributed by atoms with van der Waals surface area (Å²) >= 11 is 0. The van der Waals surface area contributed by atoms with E-state index in [0.717, 1.165) is 11.8 Å². The molecule has 3 rings (SSSR count). The zero-order valence-electron chi connectivity index (χ0n) is 15.9. The fourth-order valence-electron chi connectivity index (χ4n) is 2.76. The minimum atomic E-state index is -4.79. The summed E-state index contributed by atoms with van der Waals surface area (Å²) in [5.74, 6) is -0.237. The fourth-order valence-corrected chi connectivity index (χ4v) is 2.76. The average molecular weight is 405 g/mol. The summed E-state index contributed by atoms with van der Waals surface area (Å²) in [6, 6.07) is 10.9. The lowest BCUT2D eigenvalue weighted by Gasteiger charge is -2.14. The molecular weight excluding hydrogens is 387 g/mol. The number of carbonyl (C=O) groups excluding carboxylic acids is 1. The van der Waals surface area contributed by atoms with Crippen LogP contribution < -0.4 is 14.8 Å². The lowest BCUT2D eigenvalue weighted by atomic mass is 10.2. The molecule has 1 amide bonds. The summed E-state index contributed by atoms with van der Waals surface area (Å²) in [6.45, 7) is 1.82. The molecule has 0 saturated heterocycles. The maximum atomic E-state index is 13.8. The second kappa shape index (κ2) is 7.86. The van der Waals surface area contributed by atoms with Gasteiger partial charge in [-0.25, -0.2) is 4.68 Å². The van der Waals surface area contributed by atoms with E-state index in [-0.39, 0.29) is 17.1 Å². The quantitative estimate of drug-likeness (QED) is 0.680. The molecule has 6 nitrogen and oxygen atoms in total. The van der Waals surface area contributed by atoms with E-state index in [1.54, 1.807) is 18.2 Å². The molecule has 0 atom stereocenters. The molecule has 0 saturated carbocycles. The predicted octanol–water partition coefficient (Wildman–Crippen LogP) is 4.47. The largest absolute Gasteiger partial charge is 0.497 e. The number of rotatable bonds is 5. The third-order valence-corrected chi connectivity index (χ3v) is 4.22. The van der Waals surface area contributed by atoms with Crippen molar-refractivity contribution in [1.82, 2.24) is 9.78 Å². The molecule has 0 spiro atoms. The van der Waals surface area contributed by atoms with Crippen LogP contribution in [0.25, 0.3) is 5.69 Å². The first-order chi connectivity index (χ1) is 13.7. The van der Waals surface area contributed by atoms with Gasteiger partial charge in [-0.2, -0.15) is 18.3 Å². The lowest BCUT2D eigenvalue weighted by Crippen LogP contribution is -2.21. The van der Waals surface area contributed by atoms with E-state index >= 15 is 0 Å². The number of carbonyl (C=O) groups is 1. The molecule has 1 heterocycles. The molecule has 0 fully saturated rings. The number of anilines is 1. The van der Waals surface area contributed by atoms with E-state index in [0.29, 0.717) is 10.4 Å². The van der Waals surface area contributed by atoms with E-state index in [9.17, 15) is 18.0 Å². The molecule has 0 aliphatic heterocycles. The van der Waals surface area contributed by atoms with Crippen molar-refractivity contribution in [2.24, 2.45) is 0 Å². The number of amides is 1. The van der Waals surface area contributed by atoms with Gasteiger partial charge in [-0.15, -0.1) is 0 Å². The molecular formula is C20H18F3N3O3. The monoisotopic (exact) mass is 405 g/mol. The molecule has 1 aromatic heterocycles. The van der Waals surface area contributed by atoms with Crippen LogP contribution in [0, 0.1) is 6.92 Å². The Hall–Kier alpha value is -3.49. The van der Waals surface area contributed by atoms with Crippen LogP contribution in [-0.4, -0.2) is 29.9 Å². The highest BCUT2D eigenvalue weighted by Gasteiger charge is 2.40. The molecule has 0 radical (unpaired) electrons. The van der Waals surface area contributed by atoms with Gasteiger partial charge in [0.2, 0.25) is 0 Å². The van der Waals surface area contributed by atoms with Crippen LogP contribution in [-0.2, 0) is 6.18 Å². The Morgan fingerprint density at radius 2 is 1.76 bits per heavy atom. The Morgan fingerprint density at radius 1 is 1.07 bits per heavy atom. The first-order valence-corrected chi connectivity index (χ1v) is 8.50. The molecule has 2 aromatic carbocycles. The molecule has 3 aromatic rings. The Kier molecular flexibility index (Phi) is 5.49. The zero-order valence-corrected chi connectivity index (χ0v) is 15.9. The first kappa shape index (κ1) is 20.2. The second-order valence-electron chi connectivity index (χ2n) is 6.17. The van der Waals surface area contributed by atoms with Gasteiger partial charge in [-0.3, -0.25) is 4.79 Å². The smallest absolute Gasteiger partial charge is 0.434 e. The Balaban J connectivity index is 2.01. The molecule has 152 valence electrons. The molecule has 0 aliphatic carbocycles. The standard InChI is InChI=1S/C20H18F3N3O3/c1-12-4-6-13(7-5-12)26-18(20(21,22)23)15(11-24-26)19(27)25-16-9-8-14(28-2)10-17(16)29-3/h4-11H,1-3H3,(H,25,27). The van der Waals surface area contributed by atoms with Crippen molar-refractivity contribution < 1.29 is 27.4 Å². The van der Waals surface area contributed by atoms with Gasteiger partial charge in [0.1, 0.15) is 11.5 Å². The maximum Gasteiger partial charge on any atom is 0.434 e. The van der Waals surface area contributed by atoms with E-state index in [1.165, 1.54) is 38.5 Å². The van der Waals surface area contributed by atoms with Crippen molar-refractivity contribution in [3.8, 4) is 17.2 Å². The van der Waals surface area contributed by atoms with Gasteiger partial charge in [0.25, 0.3) is 5.91 Å². The Bertz CT molecular complexity index is 1030. The van der Waals surface area contributed by atoms with Gasteiger partial charge in [0.15, 0.2) is 5.69 Å². The number of aryl methyl sites for hydroxylation is 1. The number of alkyl halides is 3. The summed E-state index contributed by atoms with van der Waals surface area (Å²) in [4.78, 5) is 12.7. The fraction of sp³-hybridized carbons (Fsp3) is 0.200. The topological polar surface area (TPSA) is 65.4 Å². The summed E-state index contributed by atoms with van der Waals surface area (Å²) in [5, 5.41) is 6.24. The van der Waals surface area contributed by atoms with Crippen molar-refractivity contribution in [1.29, 1.82) is 0 Å². The summed E-state index contributed by atoms with van der Waals surface area (Å²) in [6.07, 6.45) is -3.90. The number of methoxy groups -OCH3 is 2. The lowest BCUT2D eigenvalue weighted by molar-refractivity contribution is -0.143. The van der Waals surface area contributed by atoms with E-state index < -0.39 is 23.3 Å². The second-order valence-corrected chi connectivity index (χ2v) is 6.17. The number of nitrogens with one attached hydrogen (secondary N) is 1. The van der Waals surface area contributed by atoms with Gasteiger partial charge in [0.05, 0.1) is 37.4 Å². The number of halogens is 3. The minimum absolute atomic E-state index is 0.198. The SMILES string of the molecule is COc1ccc(NC(=O)c2cnn(-c3ccc(C)cc3)c2C(F)(F)F)c(OC)c1. The predicted molar refractivity (Wildman–Crippen MR) is 101 cm³/mol. The zero-order chi connectivity index (χ0) is 21.2. The van der Waals surface area contributed by atoms with Crippen molar-refractivity contribution in [3.05, 3.63) is 65.5 Å². The average Bonchev–Trinajstić information content (AvgIpc) is 3.14. The Morgan fingerprint density at radius 3 is 2.34 bits per heavy atom. The molecule has 29 heavy (non-hydrogen) atoms. The number of nitrogens with zero attached hydrogens (tertiary/aromatic N) is 2. The molecule has 0 bridgehead atoms. The third kappa shape index (κ3) is 4.18. The highest BCUT2D eigenvalue weighted by atomic mass is 19.4. The van der Waals surface area contributed by atoms with Gasteiger partial charge >= 0.3 is 6.18 Å². The van der Waals surface area contributed by atoms with Crippen LogP contribution in [0.15, 0.2) is 48.7 Å². The minimum Gasteiger partial charge on any atom is -0.497 e. The Labute approximate surface area is 164 Å². The highest BCUT2D eigenvalue weighted by Crippen LogP contribution is 2.35. The normalized spacial score (nSPS) is 11.2. The maximum absolute atomic E-state index is 13.8. The molecule has 0 unspecified atom stereocenters. The summed E-state index contributed by atoms with van der Waals surface area (Å²) < 4.78 is 52.3. The summed E-state index contributed by atoms with van der Waals surface area (Å²) in [5.41, 5.74) is -0.472. The molecule has 1 N–H and O–H groups in total. The van der Waals surface area contributed by atoms with Crippen molar-refractivity contribution in [3.63, 3.8) is 0 Å². The number of hydrogen-bond acceptors (Lipinski definition) is 4. The van der Waals surface area contributed by atoms with Crippen LogP contribution >= 0.6 is 0 Å². The first-order valence-electron chi connectivity index (χ1n) is 8.50. The van der Waals surface area contributed by atoms with Gasteiger partial charge in [-0.05, 0) is 31.2 Å². The third-order valence-electron chi connectivity index (χ3n) is 4.22. The van der Waals surface area contributed by atoms with E-state index in [4.69, 9.17) is 9.47 Å². The van der Waals surface area contributed by atoms with Crippen molar-refractivity contribution in [2.75, 3.05) is 19.5 Å².